The molecule has 1 rings (SSSR count). The molecule has 1 aromatic carbocycles. The summed E-state index contributed by atoms with van der Waals surface area (Å²) in [6.45, 7) is 0.124. The third kappa shape index (κ3) is 6.70. The SMILES string of the molecule is CN(CCC(=O)O)CC(=O)Nc1ccc(Cl)cc1[N+](=O)[O-].Cl. The average molecular weight is 352 g/mol. The maximum Gasteiger partial charge on any atom is 0.304 e. The minimum Gasteiger partial charge on any atom is -0.481 e. The Morgan fingerprint density at radius 2 is 2.09 bits per heavy atom. The Hall–Kier alpha value is -1.90. The number of nitrogens with zero attached hydrogens (tertiary/aromatic N) is 2. The fourth-order valence-electron chi connectivity index (χ4n) is 1.56. The molecule has 0 aliphatic rings. The molecule has 0 saturated carbocycles. The maximum absolute atomic E-state index is 11.8. The Morgan fingerprint density at radius 3 is 2.64 bits per heavy atom. The number of likely N-dealkylation sites (N-methyl/N-ethyl adjacent to an activating group) is 1. The van der Waals surface area contributed by atoms with Gasteiger partial charge in [-0.2, -0.15) is 0 Å². The Kier molecular flexibility index (Phi) is 8.39. The Labute approximate surface area is 137 Å². The first-order valence-electron chi connectivity index (χ1n) is 5.93. The van der Waals surface area contributed by atoms with E-state index in [2.05, 4.69) is 5.32 Å². The lowest BCUT2D eigenvalue weighted by Gasteiger charge is -2.15. The Morgan fingerprint density at radius 1 is 1.45 bits per heavy atom. The van der Waals surface area contributed by atoms with Crippen molar-refractivity contribution in [1.82, 2.24) is 4.90 Å². The topological polar surface area (TPSA) is 113 Å². The molecule has 2 N–H and O–H groups in total. The third-order valence-corrected chi connectivity index (χ3v) is 2.79. The van der Waals surface area contributed by atoms with Crippen LogP contribution < -0.4 is 5.32 Å². The van der Waals surface area contributed by atoms with Crippen LogP contribution in [0.15, 0.2) is 18.2 Å². The molecule has 0 atom stereocenters. The zero-order valence-corrected chi connectivity index (χ0v) is 13.2. The molecule has 122 valence electrons. The van der Waals surface area contributed by atoms with Gasteiger partial charge in [0.2, 0.25) is 5.91 Å². The summed E-state index contributed by atoms with van der Waals surface area (Å²) in [6, 6.07) is 3.92. The van der Waals surface area contributed by atoms with Crippen molar-refractivity contribution in [3.05, 3.63) is 33.3 Å². The molecule has 1 aromatic rings. The summed E-state index contributed by atoms with van der Waals surface area (Å²) in [4.78, 5) is 33.9. The number of halogens is 2. The number of nitro benzene ring substituents is 1. The average Bonchev–Trinajstić information content (AvgIpc) is 2.38. The van der Waals surface area contributed by atoms with Crippen molar-refractivity contribution in [2.45, 2.75) is 6.42 Å². The molecule has 0 radical (unpaired) electrons. The van der Waals surface area contributed by atoms with Crippen LogP contribution in [0.1, 0.15) is 6.42 Å². The van der Waals surface area contributed by atoms with E-state index in [1.54, 1.807) is 7.05 Å². The van der Waals surface area contributed by atoms with Crippen LogP contribution in [0.2, 0.25) is 5.02 Å². The van der Waals surface area contributed by atoms with E-state index in [4.69, 9.17) is 16.7 Å². The molecule has 0 aliphatic heterocycles. The molecule has 1 amide bonds. The highest BCUT2D eigenvalue weighted by Crippen LogP contribution is 2.27. The first-order valence-corrected chi connectivity index (χ1v) is 6.31. The van der Waals surface area contributed by atoms with Gasteiger partial charge in [-0.1, -0.05) is 11.6 Å². The van der Waals surface area contributed by atoms with Crippen LogP contribution in [-0.2, 0) is 9.59 Å². The predicted octanol–water partition coefficient (Wildman–Crippen LogP) is 2.02. The summed E-state index contributed by atoms with van der Waals surface area (Å²) in [6.07, 6.45) is -0.0924. The van der Waals surface area contributed by atoms with E-state index in [0.29, 0.717) is 0 Å². The van der Waals surface area contributed by atoms with E-state index < -0.39 is 16.8 Å². The summed E-state index contributed by atoms with van der Waals surface area (Å²) in [7, 11) is 1.58. The first kappa shape index (κ1) is 20.1. The quantitative estimate of drug-likeness (QED) is 0.573. The number of carbonyl (C=O) groups is 2. The van der Waals surface area contributed by atoms with Gasteiger partial charge < -0.3 is 10.4 Å². The summed E-state index contributed by atoms with van der Waals surface area (Å²) in [5.74, 6) is -1.44. The predicted molar refractivity (Wildman–Crippen MR) is 83.7 cm³/mol. The minimum absolute atomic E-state index is 0. The molecule has 0 aliphatic carbocycles. The lowest BCUT2D eigenvalue weighted by Crippen LogP contribution is -2.31. The van der Waals surface area contributed by atoms with Crippen LogP contribution in [0.4, 0.5) is 11.4 Å². The highest BCUT2D eigenvalue weighted by Gasteiger charge is 2.17. The number of hydrogen-bond donors (Lipinski definition) is 2. The maximum atomic E-state index is 11.8. The van der Waals surface area contributed by atoms with Gasteiger partial charge in [0.1, 0.15) is 5.69 Å². The fraction of sp³-hybridized carbons (Fsp3) is 0.333. The van der Waals surface area contributed by atoms with Crippen LogP contribution in [0.5, 0.6) is 0 Å². The zero-order valence-electron chi connectivity index (χ0n) is 11.6. The minimum atomic E-state index is -0.962. The molecule has 22 heavy (non-hydrogen) atoms. The van der Waals surface area contributed by atoms with Gasteiger partial charge in [0.05, 0.1) is 17.9 Å². The number of carbonyl (C=O) groups excluding carboxylic acids is 1. The van der Waals surface area contributed by atoms with E-state index >= 15 is 0 Å². The molecular weight excluding hydrogens is 337 g/mol. The lowest BCUT2D eigenvalue weighted by molar-refractivity contribution is -0.383. The van der Waals surface area contributed by atoms with Crippen molar-refractivity contribution < 1.29 is 19.6 Å². The Bertz CT molecular complexity index is 568. The van der Waals surface area contributed by atoms with Crippen LogP contribution in [0.3, 0.4) is 0 Å². The molecule has 0 bridgehead atoms. The summed E-state index contributed by atoms with van der Waals surface area (Å²) in [5.41, 5.74) is -0.259. The van der Waals surface area contributed by atoms with E-state index in [1.165, 1.54) is 17.0 Å². The number of nitrogens with one attached hydrogen (secondary N) is 1. The van der Waals surface area contributed by atoms with Crippen LogP contribution in [0.25, 0.3) is 0 Å². The van der Waals surface area contributed by atoms with Crippen molar-refractivity contribution in [1.29, 1.82) is 0 Å². The van der Waals surface area contributed by atoms with Gasteiger partial charge in [0.15, 0.2) is 0 Å². The summed E-state index contributed by atoms with van der Waals surface area (Å²) in [5, 5.41) is 22.0. The third-order valence-electron chi connectivity index (χ3n) is 2.55. The monoisotopic (exact) mass is 351 g/mol. The number of anilines is 1. The molecular formula is C12H15Cl2N3O5. The van der Waals surface area contributed by atoms with Gasteiger partial charge in [-0.15, -0.1) is 12.4 Å². The second-order valence-corrected chi connectivity index (χ2v) is 4.78. The van der Waals surface area contributed by atoms with Gasteiger partial charge in [-0.25, -0.2) is 0 Å². The number of carboxylic acids is 1. The van der Waals surface area contributed by atoms with Crippen molar-refractivity contribution in [2.75, 3.05) is 25.5 Å². The number of amides is 1. The zero-order chi connectivity index (χ0) is 16.0. The van der Waals surface area contributed by atoms with Gasteiger partial charge >= 0.3 is 5.97 Å². The van der Waals surface area contributed by atoms with Gasteiger partial charge in [0, 0.05) is 17.6 Å². The standard InChI is InChI=1S/C12H14ClN3O5.ClH/c1-15(5-4-12(18)19)7-11(17)14-9-3-2-8(13)6-10(9)16(20)21;/h2-3,6H,4-5,7H2,1H3,(H,14,17)(H,18,19);1H. The normalized spacial score (nSPS) is 9.95. The van der Waals surface area contributed by atoms with Crippen molar-refractivity contribution in [2.24, 2.45) is 0 Å². The number of carboxylic acid groups (broad SMARTS) is 1. The fourth-order valence-corrected chi connectivity index (χ4v) is 1.73. The largest absolute Gasteiger partial charge is 0.481 e. The van der Waals surface area contributed by atoms with Crippen molar-refractivity contribution in [3.8, 4) is 0 Å². The second-order valence-electron chi connectivity index (χ2n) is 4.35. The smallest absolute Gasteiger partial charge is 0.304 e. The van der Waals surface area contributed by atoms with Gasteiger partial charge in [-0.3, -0.25) is 24.6 Å². The van der Waals surface area contributed by atoms with E-state index in [0.717, 1.165) is 6.07 Å². The number of rotatable bonds is 7. The second kappa shape index (κ2) is 9.19. The van der Waals surface area contributed by atoms with E-state index in [-0.39, 0.29) is 48.3 Å². The van der Waals surface area contributed by atoms with Gasteiger partial charge in [-0.05, 0) is 19.2 Å². The lowest BCUT2D eigenvalue weighted by atomic mass is 10.2. The first-order chi connectivity index (χ1) is 9.79. The van der Waals surface area contributed by atoms with Crippen LogP contribution in [0, 0.1) is 10.1 Å². The van der Waals surface area contributed by atoms with Crippen LogP contribution in [-0.4, -0.2) is 46.9 Å². The molecule has 0 saturated heterocycles. The number of hydrogen-bond acceptors (Lipinski definition) is 5. The van der Waals surface area contributed by atoms with Gasteiger partial charge in [0.25, 0.3) is 5.69 Å². The summed E-state index contributed by atoms with van der Waals surface area (Å²) >= 11 is 5.67. The Balaban J connectivity index is 0.00000441. The highest BCUT2D eigenvalue weighted by atomic mass is 35.5. The summed E-state index contributed by atoms with van der Waals surface area (Å²) < 4.78 is 0. The van der Waals surface area contributed by atoms with Crippen molar-refractivity contribution in [3.63, 3.8) is 0 Å². The molecule has 0 fully saturated rings. The molecule has 8 nitrogen and oxygen atoms in total. The number of nitro groups is 1. The molecule has 0 aromatic heterocycles. The van der Waals surface area contributed by atoms with Crippen molar-refractivity contribution >= 4 is 47.3 Å². The number of benzene rings is 1. The molecule has 0 unspecified atom stereocenters. The van der Waals surface area contributed by atoms with E-state index in [9.17, 15) is 19.7 Å². The number of aliphatic carboxylic acids is 1. The van der Waals surface area contributed by atoms with Crippen LogP contribution >= 0.6 is 24.0 Å². The molecule has 10 heteroatoms. The molecule has 0 spiro atoms. The highest BCUT2D eigenvalue weighted by molar-refractivity contribution is 6.31. The van der Waals surface area contributed by atoms with E-state index in [1.807, 2.05) is 0 Å². The molecule has 0 heterocycles.